The number of aryl methyl sites for hydroxylation is 3. The maximum atomic E-state index is 12.5. The zero-order valence-electron chi connectivity index (χ0n) is 15.8. The Kier molecular flexibility index (Phi) is 5.25. The van der Waals surface area contributed by atoms with Gasteiger partial charge in [-0.05, 0) is 43.5 Å². The zero-order valence-corrected chi connectivity index (χ0v) is 15.8. The van der Waals surface area contributed by atoms with E-state index in [1.165, 1.54) is 11.0 Å². The molecule has 0 saturated carbocycles. The molecule has 0 radical (unpaired) electrons. The highest BCUT2D eigenvalue weighted by molar-refractivity contribution is 5.94. The highest BCUT2D eigenvalue weighted by Gasteiger charge is 2.15. The first-order chi connectivity index (χ1) is 12.9. The molecule has 0 aliphatic carbocycles. The summed E-state index contributed by atoms with van der Waals surface area (Å²) in [5, 5.41) is 7.55. The number of nitrogens with zero attached hydrogens (tertiary/aromatic N) is 3. The van der Waals surface area contributed by atoms with Gasteiger partial charge in [0.2, 0.25) is 5.89 Å². The van der Waals surface area contributed by atoms with Crippen LogP contribution in [0, 0.1) is 13.8 Å². The van der Waals surface area contributed by atoms with Gasteiger partial charge in [0.05, 0.1) is 6.54 Å². The summed E-state index contributed by atoms with van der Waals surface area (Å²) in [5.41, 5.74) is 2.34. The quantitative estimate of drug-likeness (QED) is 0.691. The van der Waals surface area contributed by atoms with E-state index in [0.717, 1.165) is 22.9 Å². The molecule has 0 spiro atoms. The van der Waals surface area contributed by atoms with E-state index < -0.39 is 5.63 Å². The molecule has 142 valence electrons. The molecule has 0 saturated heterocycles. The number of urea groups is 1. The number of carbonyl (C=O) groups excluding carboxylic acids is 1. The lowest BCUT2D eigenvalue weighted by Gasteiger charge is -2.17. The van der Waals surface area contributed by atoms with Gasteiger partial charge in [-0.25, -0.2) is 9.59 Å². The van der Waals surface area contributed by atoms with Gasteiger partial charge in [0.25, 0.3) is 0 Å². The minimum atomic E-state index is -0.390. The van der Waals surface area contributed by atoms with E-state index in [1.807, 2.05) is 26.8 Å². The van der Waals surface area contributed by atoms with Crippen LogP contribution in [-0.2, 0) is 13.0 Å². The normalized spacial score (nSPS) is 11.0. The lowest BCUT2D eigenvalue weighted by molar-refractivity contribution is 0.219. The number of rotatable bonds is 5. The minimum Gasteiger partial charge on any atom is -0.423 e. The second-order valence-electron chi connectivity index (χ2n) is 6.55. The number of carbonyl (C=O) groups is 1. The third kappa shape index (κ3) is 4.16. The van der Waals surface area contributed by atoms with Crippen LogP contribution in [0.25, 0.3) is 11.0 Å². The van der Waals surface area contributed by atoms with Gasteiger partial charge in [0.15, 0.2) is 5.82 Å². The molecule has 0 aliphatic heterocycles. The van der Waals surface area contributed by atoms with Crippen LogP contribution >= 0.6 is 0 Å². The zero-order chi connectivity index (χ0) is 19.6. The predicted octanol–water partition coefficient (Wildman–Crippen LogP) is 3.41. The molecule has 1 aromatic carbocycles. The van der Waals surface area contributed by atoms with Crippen molar-refractivity contribution < 1.29 is 13.7 Å². The van der Waals surface area contributed by atoms with E-state index in [-0.39, 0.29) is 12.6 Å². The monoisotopic (exact) mass is 370 g/mol. The van der Waals surface area contributed by atoms with Crippen molar-refractivity contribution in [3.8, 4) is 0 Å². The van der Waals surface area contributed by atoms with Crippen molar-refractivity contribution in [2.45, 2.75) is 40.2 Å². The Morgan fingerprint density at radius 3 is 2.74 bits per heavy atom. The molecule has 0 fully saturated rings. The fourth-order valence-corrected chi connectivity index (χ4v) is 2.77. The molecule has 27 heavy (non-hydrogen) atoms. The van der Waals surface area contributed by atoms with Crippen molar-refractivity contribution >= 4 is 22.7 Å². The SMILES string of the molecule is CCCc1nc(CN(C)C(=O)Nc2cc3c(C)cc(=O)oc3cc2C)no1. The Bertz CT molecular complexity index is 1040. The van der Waals surface area contributed by atoms with Crippen LogP contribution in [0.15, 0.2) is 31.9 Å². The average molecular weight is 370 g/mol. The maximum absolute atomic E-state index is 12.5. The summed E-state index contributed by atoms with van der Waals surface area (Å²) in [7, 11) is 1.66. The Labute approximate surface area is 156 Å². The standard InChI is InChI=1S/C19H22N4O4/c1-5-6-17-21-16(22-27-17)10-23(4)19(25)20-14-9-13-11(2)8-18(24)26-15(13)7-12(14)3/h7-9H,5-6,10H2,1-4H3,(H,20,25). The topological polar surface area (TPSA) is 101 Å². The molecule has 0 atom stereocenters. The van der Waals surface area contributed by atoms with Crippen LogP contribution in [0.2, 0.25) is 0 Å². The summed E-state index contributed by atoms with van der Waals surface area (Å²) in [6.07, 6.45) is 1.63. The number of anilines is 1. The smallest absolute Gasteiger partial charge is 0.336 e. The first kappa shape index (κ1) is 18.6. The fraction of sp³-hybridized carbons (Fsp3) is 0.368. The van der Waals surface area contributed by atoms with Crippen molar-refractivity contribution in [2.24, 2.45) is 0 Å². The summed E-state index contributed by atoms with van der Waals surface area (Å²) >= 11 is 0. The lowest BCUT2D eigenvalue weighted by Crippen LogP contribution is -2.31. The van der Waals surface area contributed by atoms with E-state index >= 15 is 0 Å². The number of hydrogen-bond donors (Lipinski definition) is 1. The second kappa shape index (κ2) is 7.61. The van der Waals surface area contributed by atoms with Crippen LogP contribution in [0.1, 0.15) is 36.2 Å². The third-order valence-electron chi connectivity index (χ3n) is 4.24. The molecule has 0 bridgehead atoms. The predicted molar refractivity (Wildman–Crippen MR) is 101 cm³/mol. The van der Waals surface area contributed by atoms with E-state index in [1.54, 1.807) is 13.1 Å². The van der Waals surface area contributed by atoms with Gasteiger partial charge in [-0.2, -0.15) is 4.98 Å². The highest BCUT2D eigenvalue weighted by Crippen LogP contribution is 2.25. The molecule has 8 heteroatoms. The Balaban J connectivity index is 1.76. The third-order valence-corrected chi connectivity index (χ3v) is 4.24. The molecule has 2 heterocycles. The van der Waals surface area contributed by atoms with Gasteiger partial charge in [0.1, 0.15) is 5.58 Å². The summed E-state index contributed by atoms with van der Waals surface area (Å²) in [6.45, 7) is 5.94. The van der Waals surface area contributed by atoms with E-state index in [0.29, 0.717) is 29.4 Å². The maximum Gasteiger partial charge on any atom is 0.336 e. The van der Waals surface area contributed by atoms with Gasteiger partial charge in [-0.15, -0.1) is 0 Å². The lowest BCUT2D eigenvalue weighted by atomic mass is 10.1. The largest absolute Gasteiger partial charge is 0.423 e. The van der Waals surface area contributed by atoms with Crippen molar-refractivity contribution in [3.05, 3.63) is 51.5 Å². The molecule has 3 rings (SSSR count). The molecule has 8 nitrogen and oxygen atoms in total. The van der Waals surface area contributed by atoms with Gasteiger partial charge >= 0.3 is 11.7 Å². The number of fused-ring (bicyclic) bond motifs is 1. The molecular formula is C19H22N4O4. The van der Waals surface area contributed by atoms with Gasteiger partial charge in [-0.1, -0.05) is 12.1 Å². The van der Waals surface area contributed by atoms with E-state index in [4.69, 9.17) is 8.94 Å². The van der Waals surface area contributed by atoms with Crippen molar-refractivity contribution in [2.75, 3.05) is 12.4 Å². The highest BCUT2D eigenvalue weighted by atomic mass is 16.5. The number of hydrogen-bond acceptors (Lipinski definition) is 6. The number of aromatic nitrogens is 2. The Morgan fingerprint density at radius 1 is 1.22 bits per heavy atom. The van der Waals surface area contributed by atoms with Crippen LogP contribution in [0.5, 0.6) is 0 Å². The molecule has 0 aliphatic rings. The number of nitrogens with one attached hydrogen (secondary N) is 1. The van der Waals surface area contributed by atoms with Crippen LogP contribution in [0.4, 0.5) is 10.5 Å². The molecular weight excluding hydrogens is 348 g/mol. The van der Waals surface area contributed by atoms with Crippen LogP contribution in [0.3, 0.4) is 0 Å². The van der Waals surface area contributed by atoms with E-state index in [9.17, 15) is 9.59 Å². The summed E-state index contributed by atoms with van der Waals surface area (Å²) < 4.78 is 10.4. The molecule has 2 amide bonds. The van der Waals surface area contributed by atoms with Gasteiger partial charge in [-0.3, -0.25) is 0 Å². The molecule has 3 aromatic rings. The molecule has 0 unspecified atom stereocenters. The Morgan fingerprint density at radius 2 is 2.00 bits per heavy atom. The van der Waals surface area contributed by atoms with Crippen molar-refractivity contribution in [1.29, 1.82) is 0 Å². The first-order valence-corrected chi connectivity index (χ1v) is 8.76. The number of amides is 2. The molecule has 2 aromatic heterocycles. The van der Waals surface area contributed by atoms with Crippen LogP contribution in [-0.4, -0.2) is 28.1 Å². The van der Waals surface area contributed by atoms with Gasteiger partial charge in [0, 0.05) is 30.6 Å². The van der Waals surface area contributed by atoms with Crippen LogP contribution < -0.4 is 10.9 Å². The summed E-state index contributed by atoms with van der Waals surface area (Å²) in [4.78, 5) is 29.8. The minimum absolute atomic E-state index is 0.236. The van der Waals surface area contributed by atoms with Crippen molar-refractivity contribution in [3.63, 3.8) is 0 Å². The fourth-order valence-electron chi connectivity index (χ4n) is 2.77. The van der Waals surface area contributed by atoms with Crippen molar-refractivity contribution in [1.82, 2.24) is 15.0 Å². The van der Waals surface area contributed by atoms with Gasteiger partial charge < -0.3 is 19.2 Å². The average Bonchev–Trinajstić information content (AvgIpc) is 3.03. The second-order valence-corrected chi connectivity index (χ2v) is 6.55. The summed E-state index contributed by atoms with van der Waals surface area (Å²) in [6, 6.07) is 4.69. The first-order valence-electron chi connectivity index (χ1n) is 8.76. The summed E-state index contributed by atoms with van der Waals surface area (Å²) in [5.74, 6) is 1.03. The molecule has 1 N–H and O–H groups in total. The van der Waals surface area contributed by atoms with E-state index in [2.05, 4.69) is 15.5 Å². The Hall–Kier alpha value is -3.16. The number of benzene rings is 1.